The summed E-state index contributed by atoms with van der Waals surface area (Å²) in [5.74, 6) is 7.28. The maximum atomic E-state index is 5.66. The average molecular weight is 280 g/mol. The molecule has 6 nitrogen and oxygen atoms in total. The largest absolute Gasteiger partial charge is 0.381 e. The molecule has 1 saturated heterocycles. The number of thiophene rings is 1. The minimum Gasteiger partial charge on any atom is -0.381 e. The Kier molecular flexibility index (Phi) is 3.88. The Morgan fingerprint density at radius 2 is 2.47 bits per heavy atom. The Balaban J connectivity index is 1.66. The molecular formula is C12H16N4O2S. The predicted octanol–water partition coefficient (Wildman–Crippen LogP) is 1.53. The smallest absolute Gasteiger partial charge is 0.158 e. The van der Waals surface area contributed by atoms with Gasteiger partial charge in [0.1, 0.15) is 11.4 Å². The van der Waals surface area contributed by atoms with Crippen molar-refractivity contribution in [2.45, 2.75) is 13.0 Å². The summed E-state index contributed by atoms with van der Waals surface area (Å²) >= 11 is 1.57. The molecule has 0 bridgehead atoms. The van der Waals surface area contributed by atoms with E-state index in [0.717, 1.165) is 29.9 Å². The van der Waals surface area contributed by atoms with E-state index in [0.29, 0.717) is 30.8 Å². The van der Waals surface area contributed by atoms with Crippen molar-refractivity contribution in [2.75, 3.05) is 25.2 Å². The fraction of sp³-hybridized carbons (Fsp3) is 0.500. The van der Waals surface area contributed by atoms with Gasteiger partial charge in [-0.3, -0.25) is 0 Å². The quantitative estimate of drug-likeness (QED) is 0.638. The highest BCUT2D eigenvalue weighted by Gasteiger charge is 2.16. The van der Waals surface area contributed by atoms with E-state index in [1.807, 2.05) is 11.4 Å². The number of hydrogen-bond donors (Lipinski definition) is 2. The van der Waals surface area contributed by atoms with E-state index in [4.69, 9.17) is 15.3 Å². The average Bonchev–Trinajstić information content (AvgIpc) is 3.08. The molecule has 7 heteroatoms. The summed E-state index contributed by atoms with van der Waals surface area (Å²) in [7, 11) is 0. The summed E-state index contributed by atoms with van der Waals surface area (Å²) in [5, 5.41) is 2.92. The molecule has 0 aliphatic carbocycles. The third-order valence-electron chi connectivity index (χ3n) is 3.12. The van der Waals surface area contributed by atoms with Crippen molar-refractivity contribution in [2.24, 2.45) is 11.8 Å². The van der Waals surface area contributed by atoms with Gasteiger partial charge in [-0.1, -0.05) is 0 Å². The molecule has 19 heavy (non-hydrogen) atoms. The van der Waals surface area contributed by atoms with Crippen LogP contribution in [0, 0.1) is 5.92 Å². The van der Waals surface area contributed by atoms with E-state index in [9.17, 15) is 0 Å². The zero-order valence-corrected chi connectivity index (χ0v) is 11.3. The molecule has 1 atom stereocenters. The molecule has 3 N–H and O–H groups in total. The molecule has 1 fully saturated rings. The molecule has 2 aromatic rings. The monoisotopic (exact) mass is 280 g/mol. The Morgan fingerprint density at radius 3 is 3.26 bits per heavy atom. The van der Waals surface area contributed by atoms with Crippen LogP contribution >= 0.6 is 11.3 Å². The van der Waals surface area contributed by atoms with Gasteiger partial charge >= 0.3 is 0 Å². The van der Waals surface area contributed by atoms with E-state index in [1.54, 1.807) is 11.3 Å². The number of ether oxygens (including phenoxy) is 2. The van der Waals surface area contributed by atoms with Gasteiger partial charge in [-0.25, -0.2) is 15.8 Å². The normalized spacial score (nSPS) is 19.1. The second-order valence-corrected chi connectivity index (χ2v) is 5.41. The number of anilines is 1. The first-order valence-corrected chi connectivity index (χ1v) is 7.11. The van der Waals surface area contributed by atoms with Crippen LogP contribution in [0.3, 0.4) is 0 Å². The zero-order valence-electron chi connectivity index (χ0n) is 10.5. The van der Waals surface area contributed by atoms with Crippen molar-refractivity contribution in [1.82, 2.24) is 9.97 Å². The highest BCUT2D eigenvalue weighted by Crippen LogP contribution is 2.24. The number of aromatic nitrogens is 2. The Morgan fingerprint density at radius 1 is 1.53 bits per heavy atom. The topological polar surface area (TPSA) is 82.3 Å². The standard InChI is InChI=1S/C12H16N4O2S/c13-16-11-9-2-4-19-12(9)15-10(14-11)7-18-6-8-1-3-17-5-8/h2,4,8H,1,3,5-7,13H2,(H,14,15,16). The van der Waals surface area contributed by atoms with Crippen LogP contribution in [0.15, 0.2) is 11.4 Å². The molecule has 0 spiro atoms. The number of fused-ring (bicyclic) bond motifs is 1. The van der Waals surface area contributed by atoms with Crippen molar-refractivity contribution < 1.29 is 9.47 Å². The lowest BCUT2D eigenvalue weighted by Crippen LogP contribution is -2.13. The predicted molar refractivity (Wildman–Crippen MR) is 73.8 cm³/mol. The van der Waals surface area contributed by atoms with Crippen molar-refractivity contribution in [3.8, 4) is 0 Å². The van der Waals surface area contributed by atoms with Crippen LogP contribution in [-0.2, 0) is 16.1 Å². The van der Waals surface area contributed by atoms with E-state index >= 15 is 0 Å². The van der Waals surface area contributed by atoms with Crippen LogP contribution in [0.25, 0.3) is 10.2 Å². The summed E-state index contributed by atoms with van der Waals surface area (Å²) in [4.78, 5) is 9.74. The van der Waals surface area contributed by atoms with Crippen LogP contribution < -0.4 is 11.3 Å². The van der Waals surface area contributed by atoms with Gasteiger partial charge in [0.05, 0.1) is 18.6 Å². The molecule has 1 aliphatic rings. The molecule has 1 aliphatic heterocycles. The van der Waals surface area contributed by atoms with Crippen LogP contribution in [0.5, 0.6) is 0 Å². The minimum absolute atomic E-state index is 0.402. The molecule has 0 amide bonds. The number of hydrazine groups is 1. The van der Waals surface area contributed by atoms with E-state index in [1.165, 1.54) is 0 Å². The highest BCUT2D eigenvalue weighted by molar-refractivity contribution is 7.16. The van der Waals surface area contributed by atoms with Crippen LogP contribution in [0.2, 0.25) is 0 Å². The molecule has 3 heterocycles. The summed E-state index contributed by atoms with van der Waals surface area (Å²) in [5.41, 5.74) is 2.61. The number of nitrogens with two attached hydrogens (primary N) is 1. The summed E-state index contributed by atoms with van der Waals surface area (Å²) in [6, 6.07) is 1.95. The van der Waals surface area contributed by atoms with Crippen molar-refractivity contribution in [1.29, 1.82) is 0 Å². The second kappa shape index (κ2) is 5.79. The van der Waals surface area contributed by atoms with Crippen LogP contribution in [-0.4, -0.2) is 29.8 Å². The maximum absolute atomic E-state index is 5.66. The van der Waals surface area contributed by atoms with E-state index in [2.05, 4.69) is 15.4 Å². The van der Waals surface area contributed by atoms with Gasteiger partial charge in [-0.15, -0.1) is 11.3 Å². The number of nitrogens with one attached hydrogen (secondary N) is 1. The van der Waals surface area contributed by atoms with E-state index < -0.39 is 0 Å². The van der Waals surface area contributed by atoms with Gasteiger partial charge in [-0.2, -0.15) is 0 Å². The second-order valence-electron chi connectivity index (χ2n) is 4.52. The Labute approximate surface area is 114 Å². The molecule has 0 radical (unpaired) electrons. The Hall–Kier alpha value is -1.28. The van der Waals surface area contributed by atoms with Crippen molar-refractivity contribution in [3.63, 3.8) is 0 Å². The third-order valence-corrected chi connectivity index (χ3v) is 3.92. The first-order valence-electron chi connectivity index (χ1n) is 6.23. The summed E-state index contributed by atoms with van der Waals surface area (Å²) in [6.07, 6.45) is 1.07. The van der Waals surface area contributed by atoms with E-state index in [-0.39, 0.29) is 0 Å². The highest BCUT2D eigenvalue weighted by atomic mass is 32.1. The number of rotatable bonds is 5. The summed E-state index contributed by atoms with van der Waals surface area (Å²) < 4.78 is 11.0. The Bertz CT molecular complexity index is 554. The number of hydrogen-bond acceptors (Lipinski definition) is 7. The molecule has 1 unspecified atom stereocenters. The molecule has 3 rings (SSSR count). The van der Waals surface area contributed by atoms with Gasteiger partial charge in [0.2, 0.25) is 0 Å². The van der Waals surface area contributed by atoms with Gasteiger partial charge in [0.25, 0.3) is 0 Å². The first-order chi connectivity index (χ1) is 9.36. The molecular weight excluding hydrogens is 264 g/mol. The van der Waals surface area contributed by atoms with Crippen LogP contribution in [0.1, 0.15) is 12.2 Å². The van der Waals surface area contributed by atoms with Crippen molar-refractivity contribution >= 4 is 27.4 Å². The fourth-order valence-electron chi connectivity index (χ4n) is 2.11. The van der Waals surface area contributed by atoms with Crippen molar-refractivity contribution in [3.05, 3.63) is 17.3 Å². The first kappa shape index (κ1) is 12.7. The minimum atomic E-state index is 0.402. The van der Waals surface area contributed by atoms with Gasteiger partial charge in [0.15, 0.2) is 11.6 Å². The zero-order chi connectivity index (χ0) is 13.1. The molecule has 0 aromatic carbocycles. The lowest BCUT2D eigenvalue weighted by Gasteiger charge is -2.09. The number of nitrogens with zero attached hydrogens (tertiary/aromatic N) is 2. The lowest BCUT2D eigenvalue weighted by atomic mass is 10.1. The third kappa shape index (κ3) is 2.84. The number of nitrogen functional groups attached to an aromatic ring is 1. The van der Waals surface area contributed by atoms with Gasteiger partial charge in [-0.05, 0) is 17.9 Å². The van der Waals surface area contributed by atoms with Gasteiger partial charge in [0, 0.05) is 12.5 Å². The lowest BCUT2D eigenvalue weighted by molar-refractivity contribution is 0.0755. The maximum Gasteiger partial charge on any atom is 0.158 e. The SMILES string of the molecule is NNc1nc(COCC2CCOC2)nc2sccc12. The van der Waals surface area contributed by atoms with Crippen LogP contribution in [0.4, 0.5) is 5.82 Å². The molecule has 2 aromatic heterocycles. The summed E-state index contributed by atoms with van der Waals surface area (Å²) in [6.45, 7) is 2.73. The fourth-order valence-corrected chi connectivity index (χ4v) is 2.89. The molecule has 102 valence electrons. The molecule has 0 saturated carbocycles. The van der Waals surface area contributed by atoms with Gasteiger partial charge < -0.3 is 14.9 Å².